The van der Waals surface area contributed by atoms with Crippen molar-refractivity contribution in [1.82, 2.24) is 0 Å². The number of nitriles is 1. The number of rotatable bonds is 4. The Balaban J connectivity index is 2.69. The summed E-state index contributed by atoms with van der Waals surface area (Å²) in [6.45, 7) is 4.05. The molecule has 2 nitrogen and oxygen atoms in total. The van der Waals surface area contributed by atoms with Crippen LogP contribution in [0.1, 0.15) is 25.8 Å². The molecule has 0 saturated heterocycles. The Bertz CT molecular complexity index is 490. The molecule has 0 radical (unpaired) electrons. The summed E-state index contributed by atoms with van der Waals surface area (Å²) in [7, 11) is 0. The van der Waals surface area contributed by atoms with Crippen molar-refractivity contribution in [3.05, 3.63) is 28.8 Å². The Morgan fingerprint density at radius 3 is 2.42 bits per heavy atom. The fourth-order valence-electron chi connectivity index (χ4n) is 1.40. The highest BCUT2D eigenvalue weighted by Gasteiger charge is 2.30. The van der Waals surface area contributed by atoms with Crippen molar-refractivity contribution < 1.29 is 13.2 Å². The second-order valence-corrected chi connectivity index (χ2v) is 5.27. The van der Waals surface area contributed by atoms with Gasteiger partial charge in [0, 0.05) is 6.54 Å². The minimum atomic E-state index is -4.40. The Hall–Kier alpha value is -1.41. The van der Waals surface area contributed by atoms with Gasteiger partial charge in [0.2, 0.25) is 0 Å². The normalized spacial score (nSPS) is 12.1. The van der Waals surface area contributed by atoms with Crippen LogP contribution in [0, 0.1) is 16.7 Å². The zero-order chi connectivity index (χ0) is 14.7. The van der Waals surface area contributed by atoms with Crippen LogP contribution in [0.25, 0.3) is 0 Å². The van der Waals surface area contributed by atoms with Crippen molar-refractivity contribution in [3.8, 4) is 6.07 Å². The van der Waals surface area contributed by atoms with Crippen LogP contribution >= 0.6 is 11.6 Å². The van der Waals surface area contributed by atoms with E-state index in [1.165, 1.54) is 6.07 Å². The van der Waals surface area contributed by atoms with Gasteiger partial charge in [0.15, 0.2) is 0 Å². The first kappa shape index (κ1) is 15.6. The molecule has 0 aromatic heterocycles. The van der Waals surface area contributed by atoms with E-state index < -0.39 is 17.2 Å². The molecule has 0 atom stereocenters. The van der Waals surface area contributed by atoms with E-state index in [4.69, 9.17) is 16.9 Å². The molecule has 0 fully saturated rings. The van der Waals surface area contributed by atoms with Gasteiger partial charge in [-0.1, -0.05) is 11.6 Å². The molecule has 0 aliphatic rings. The van der Waals surface area contributed by atoms with E-state index in [1.807, 2.05) is 0 Å². The van der Waals surface area contributed by atoms with Gasteiger partial charge >= 0.3 is 6.18 Å². The van der Waals surface area contributed by atoms with Crippen LogP contribution in [-0.4, -0.2) is 6.54 Å². The maximum Gasteiger partial charge on any atom is 0.416 e. The molecule has 1 aromatic carbocycles. The zero-order valence-electron chi connectivity index (χ0n) is 10.6. The number of nitrogens with zero attached hydrogens (tertiary/aromatic N) is 1. The molecule has 0 unspecified atom stereocenters. The van der Waals surface area contributed by atoms with Crippen LogP contribution < -0.4 is 5.32 Å². The van der Waals surface area contributed by atoms with Crippen molar-refractivity contribution in [2.24, 2.45) is 5.41 Å². The van der Waals surface area contributed by atoms with Crippen LogP contribution in [0.3, 0.4) is 0 Å². The summed E-state index contributed by atoms with van der Waals surface area (Å²) in [5.41, 5.74) is -0.824. The average Bonchev–Trinajstić information content (AvgIpc) is 2.30. The largest absolute Gasteiger partial charge is 0.416 e. The molecule has 0 bridgehead atoms. The monoisotopic (exact) mass is 290 g/mol. The molecular weight excluding hydrogens is 277 g/mol. The van der Waals surface area contributed by atoms with Crippen molar-refractivity contribution in [1.29, 1.82) is 5.26 Å². The third-order valence-corrected chi connectivity index (χ3v) is 2.98. The summed E-state index contributed by atoms with van der Waals surface area (Å²) < 4.78 is 37.3. The average molecular weight is 291 g/mol. The van der Waals surface area contributed by atoms with Crippen molar-refractivity contribution in [3.63, 3.8) is 0 Å². The van der Waals surface area contributed by atoms with Crippen LogP contribution in [0.2, 0.25) is 5.02 Å². The van der Waals surface area contributed by atoms with E-state index in [1.54, 1.807) is 13.8 Å². The van der Waals surface area contributed by atoms with Gasteiger partial charge in [-0.15, -0.1) is 0 Å². The Kier molecular flexibility index (Phi) is 4.70. The molecule has 0 amide bonds. The number of benzene rings is 1. The molecule has 104 valence electrons. The molecular formula is C13H14ClF3N2. The second-order valence-electron chi connectivity index (χ2n) is 4.86. The Labute approximate surface area is 115 Å². The highest BCUT2D eigenvalue weighted by atomic mass is 35.5. The van der Waals surface area contributed by atoms with E-state index in [-0.39, 0.29) is 5.02 Å². The van der Waals surface area contributed by atoms with Gasteiger partial charge in [0.1, 0.15) is 0 Å². The molecule has 19 heavy (non-hydrogen) atoms. The highest BCUT2D eigenvalue weighted by molar-refractivity contribution is 6.33. The summed E-state index contributed by atoms with van der Waals surface area (Å²) in [6.07, 6.45) is -3.83. The SMILES string of the molecule is CC(C)(C#N)CCNc1ccc(C(F)(F)F)cc1Cl. The number of anilines is 1. The summed E-state index contributed by atoms with van der Waals surface area (Å²) >= 11 is 5.79. The topological polar surface area (TPSA) is 35.8 Å². The molecule has 1 N–H and O–H groups in total. The summed E-state index contributed by atoms with van der Waals surface area (Å²) in [6, 6.07) is 5.31. The predicted octanol–water partition coefficient (Wildman–Crippen LogP) is 4.71. The van der Waals surface area contributed by atoms with Crippen molar-refractivity contribution in [2.75, 3.05) is 11.9 Å². The quantitative estimate of drug-likeness (QED) is 0.871. The van der Waals surface area contributed by atoms with Gasteiger partial charge in [0.25, 0.3) is 0 Å². The van der Waals surface area contributed by atoms with Gasteiger partial charge in [-0.3, -0.25) is 0 Å². The fraction of sp³-hybridized carbons (Fsp3) is 0.462. The van der Waals surface area contributed by atoms with E-state index in [0.29, 0.717) is 18.7 Å². The van der Waals surface area contributed by atoms with E-state index >= 15 is 0 Å². The summed E-state index contributed by atoms with van der Waals surface area (Å²) in [5, 5.41) is 11.8. The Morgan fingerprint density at radius 2 is 1.95 bits per heavy atom. The van der Waals surface area contributed by atoms with Crippen molar-refractivity contribution in [2.45, 2.75) is 26.4 Å². The number of hydrogen-bond donors (Lipinski definition) is 1. The molecule has 1 rings (SSSR count). The first-order valence-corrected chi connectivity index (χ1v) is 6.05. The standard InChI is InChI=1S/C13H14ClF3N2/c1-12(2,8-18)5-6-19-11-4-3-9(7-10(11)14)13(15,16)17/h3-4,7,19H,5-6H2,1-2H3. The van der Waals surface area contributed by atoms with Crippen molar-refractivity contribution >= 4 is 17.3 Å². The molecule has 6 heteroatoms. The van der Waals surface area contributed by atoms with Crippen LogP contribution in [0.5, 0.6) is 0 Å². The highest BCUT2D eigenvalue weighted by Crippen LogP contribution is 2.33. The third-order valence-electron chi connectivity index (χ3n) is 2.66. The smallest absolute Gasteiger partial charge is 0.384 e. The van der Waals surface area contributed by atoms with Crippen LogP contribution in [-0.2, 0) is 6.18 Å². The lowest BCUT2D eigenvalue weighted by Gasteiger charge is -2.16. The summed E-state index contributed by atoms with van der Waals surface area (Å²) in [5.74, 6) is 0. The van der Waals surface area contributed by atoms with Crippen LogP contribution in [0.4, 0.5) is 18.9 Å². The number of nitrogens with one attached hydrogen (secondary N) is 1. The molecule has 0 aliphatic heterocycles. The maximum absolute atomic E-state index is 12.4. The van der Waals surface area contributed by atoms with E-state index in [0.717, 1.165) is 12.1 Å². The second kappa shape index (κ2) is 5.70. The Morgan fingerprint density at radius 1 is 1.32 bits per heavy atom. The van der Waals surface area contributed by atoms with E-state index in [2.05, 4.69) is 11.4 Å². The maximum atomic E-state index is 12.4. The fourth-order valence-corrected chi connectivity index (χ4v) is 1.65. The minimum Gasteiger partial charge on any atom is -0.384 e. The minimum absolute atomic E-state index is 0.0181. The molecule has 1 aromatic rings. The lowest BCUT2D eigenvalue weighted by Crippen LogP contribution is -2.15. The zero-order valence-corrected chi connectivity index (χ0v) is 11.4. The molecule has 0 saturated carbocycles. The number of halogens is 4. The predicted molar refractivity (Wildman–Crippen MR) is 69.0 cm³/mol. The first-order chi connectivity index (χ1) is 8.65. The molecule has 0 aliphatic carbocycles. The third kappa shape index (κ3) is 4.64. The lowest BCUT2D eigenvalue weighted by molar-refractivity contribution is -0.137. The van der Waals surface area contributed by atoms with Gasteiger partial charge in [0.05, 0.1) is 27.8 Å². The van der Waals surface area contributed by atoms with Gasteiger partial charge in [-0.05, 0) is 38.5 Å². The molecule has 0 heterocycles. The number of hydrogen-bond acceptors (Lipinski definition) is 2. The van der Waals surface area contributed by atoms with Gasteiger partial charge in [-0.25, -0.2) is 0 Å². The first-order valence-electron chi connectivity index (χ1n) is 5.67. The molecule has 0 spiro atoms. The van der Waals surface area contributed by atoms with Gasteiger partial charge in [-0.2, -0.15) is 18.4 Å². The summed E-state index contributed by atoms with van der Waals surface area (Å²) in [4.78, 5) is 0. The number of alkyl halides is 3. The van der Waals surface area contributed by atoms with Crippen LogP contribution in [0.15, 0.2) is 18.2 Å². The lowest BCUT2D eigenvalue weighted by atomic mass is 9.91. The van der Waals surface area contributed by atoms with E-state index in [9.17, 15) is 13.2 Å². The van der Waals surface area contributed by atoms with Gasteiger partial charge < -0.3 is 5.32 Å².